The van der Waals surface area contributed by atoms with Crippen LogP contribution in [0.25, 0.3) is 0 Å². The van der Waals surface area contributed by atoms with Crippen LogP contribution in [-0.4, -0.2) is 20.2 Å². The van der Waals surface area contributed by atoms with Crippen molar-refractivity contribution in [2.24, 2.45) is 11.3 Å². The molecule has 0 aromatic heterocycles. The van der Waals surface area contributed by atoms with Gasteiger partial charge in [0.2, 0.25) is 10.0 Å². The molecular formula is C10H23NO2S. The summed E-state index contributed by atoms with van der Waals surface area (Å²) in [6.45, 7) is 12.2. The molecule has 0 heterocycles. The fourth-order valence-electron chi connectivity index (χ4n) is 0.657. The van der Waals surface area contributed by atoms with Crippen LogP contribution in [0.5, 0.6) is 0 Å². The molecule has 14 heavy (non-hydrogen) atoms. The lowest BCUT2D eigenvalue weighted by Gasteiger charge is -2.29. The molecule has 0 aromatic rings. The number of hydrogen-bond acceptors (Lipinski definition) is 2. The van der Waals surface area contributed by atoms with Crippen molar-refractivity contribution < 1.29 is 8.42 Å². The van der Waals surface area contributed by atoms with Crippen molar-refractivity contribution in [2.75, 3.05) is 6.54 Å². The molecule has 0 unspecified atom stereocenters. The second kappa shape index (κ2) is 4.62. The van der Waals surface area contributed by atoms with E-state index in [2.05, 4.69) is 32.4 Å². The van der Waals surface area contributed by atoms with Gasteiger partial charge in [-0.25, -0.2) is 13.1 Å². The molecule has 0 atom stereocenters. The summed E-state index contributed by atoms with van der Waals surface area (Å²) in [5, 5.41) is -0.356. The SMILES string of the molecule is CC(C)C(C)(C)CNS(=O)(=O)C(C)C. The molecule has 0 saturated heterocycles. The number of rotatable bonds is 5. The van der Waals surface area contributed by atoms with Gasteiger partial charge in [-0.1, -0.05) is 27.7 Å². The Balaban J connectivity index is 4.34. The van der Waals surface area contributed by atoms with Crippen molar-refractivity contribution in [3.05, 3.63) is 0 Å². The first-order chi connectivity index (χ1) is 6.09. The van der Waals surface area contributed by atoms with Crippen molar-refractivity contribution in [2.45, 2.75) is 46.8 Å². The molecule has 0 aliphatic carbocycles. The van der Waals surface area contributed by atoms with Crippen LogP contribution in [0, 0.1) is 11.3 Å². The van der Waals surface area contributed by atoms with E-state index in [4.69, 9.17) is 0 Å². The van der Waals surface area contributed by atoms with Gasteiger partial charge in [0.05, 0.1) is 5.25 Å². The Hall–Kier alpha value is -0.0900. The van der Waals surface area contributed by atoms with Crippen molar-refractivity contribution in [3.63, 3.8) is 0 Å². The monoisotopic (exact) mass is 221 g/mol. The van der Waals surface area contributed by atoms with Gasteiger partial charge in [0.1, 0.15) is 0 Å². The molecule has 86 valence electrons. The Morgan fingerprint density at radius 2 is 1.57 bits per heavy atom. The first kappa shape index (κ1) is 13.9. The molecule has 3 nitrogen and oxygen atoms in total. The first-order valence-electron chi connectivity index (χ1n) is 5.08. The summed E-state index contributed by atoms with van der Waals surface area (Å²) >= 11 is 0. The molecule has 1 N–H and O–H groups in total. The maximum atomic E-state index is 11.5. The Labute approximate surface area is 88.3 Å². The van der Waals surface area contributed by atoms with Crippen LogP contribution in [0.2, 0.25) is 0 Å². The summed E-state index contributed by atoms with van der Waals surface area (Å²) in [5.41, 5.74) is 0.00194. The predicted molar refractivity (Wildman–Crippen MR) is 60.7 cm³/mol. The van der Waals surface area contributed by atoms with Gasteiger partial charge < -0.3 is 0 Å². The minimum absolute atomic E-state index is 0.00194. The Bertz CT molecular complexity index is 266. The zero-order valence-corrected chi connectivity index (χ0v) is 10.9. The lowest BCUT2D eigenvalue weighted by atomic mass is 9.81. The normalized spacial score (nSPS) is 14.0. The third-order valence-electron chi connectivity index (χ3n) is 2.91. The quantitative estimate of drug-likeness (QED) is 0.772. The van der Waals surface area contributed by atoms with Gasteiger partial charge >= 0.3 is 0 Å². The van der Waals surface area contributed by atoms with Crippen molar-refractivity contribution in [1.82, 2.24) is 4.72 Å². The molecule has 0 aromatic carbocycles. The van der Waals surface area contributed by atoms with E-state index in [9.17, 15) is 8.42 Å². The number of hydrogen-bond donors (Lipinski definition) is 1. The topological polar surface area (TPSA) is 46.2 Å². The van der Waals surface area contributed by atoms with Gasteiger partial charge in [0.15, 0.2) is 0 Å². The lowest BCUT2D eigenvalue weighted by molar-refractivity contribution is 0.252. The number of sulfonamides is 1. The second-order valence-corrected chi connectivity index (χ2v) is 7.38. The van der Waals surface area contributed by atoms with E-state index in [1.165, 1.54) is 0 Å². The van der Waals surface area contributed by atoms with Crippen LogP contribution in [0.3, 0.4) is 0 Å². The lowest BCUT2D eigenvalue weighted by Crippen LogP contribution is -2.39. The van der Waals surface area contributed by atoms with Crippen LogP contribution in [-0.2, 0) is 10.0 Å². The number of nitrogens with one attached hydrogen (secondary N) is 1. The summed E-state index contributed by atoms with van der Waals surface area (Å²) in [6, 6.07) is 0. The van der Waals surface area contributed by atoms with E-state index in [-0.39, 0.29) is 10.7 Å². The smallest absolute Gasteiger partial charge is 0.213 e. The molecule has 0 aliphatic rings. The maximum Gasteiger partial charge on any atom is 0.213 e. The molecule has 0 bridgehead atoms. The van der Waals surface area contributed by atoms with E-state index in [1.54, 1.807) is 13.8 Å². The van der Waals surface area contributed by atoms with Crippen LogP contribution >= 0.6 is 0 Å². The van der Waals surface area contributed by atoms with Crippen molar-refractivity contribution >= 4 is 10.0 Å². The summed E-state index contributed by atoms with van der Waals surface area (Å²) in [6.07, 6.45) is 0. The standard InChI is InChI=1S/C10H23NO2S/c1-8(2)10(5,6)7-11-14(12,13)9(3)4/h8-9,11H,7H2,1-6H3. The maximum absolute atomic E-state index is 11.5. The largest absolute Gasteiger partial charge is 0.214 e. The molecular weight excluding hydrogens is 198 g/mol. The third-order valence-corrected chi connectivity index (χ3v) is 4.70. The molecule has 0 aliphatic heterocycles. The molecule has 0 spiro atoms. The average Bonchev–Trinajstić information content (AvgIpc) is 2.01. The van der Waals surface area contributed by atoms with Crippen LogP contribution in [0.4, 0.5) is 0 Å². The Morgan fingerprint density at radius 3 is 1.86 bits per heavy atom. The third kappa shape index (κ3) is 3.96. The van der Waals surface area contributed by atoms with Gasteiger partial charge in [-0.2, -0.15) is 0 Å². The zero-order chi connectivity index (χ0) is 11.6. The highest BCUT2D eigenvalue weighted by molar-refractivity contribution is 7.90. The minimum Gasteiger partial charge on any atom is -0.214 e. The highest BCUT2D eigenvalue weighted by atomic mass is 32.2. The summed E-state index contributed by atoms with van der Waals surface area (Å²) < 4.78 is 25.6. The van der Waals surface area contributed by atoms with Crippen LogP contribution in [0.15, 0.2) is 0 Å². The fraction of sp³-hybridized carbons (Fsp3) is 1.00. The Kier molecular flexibility index (Phi) is 4.59. The highest BCUT2D eigenvalue weighted by Crippen LogP contribution is 2.25. The zero-order valence-electron chi connectivity index (χ0n) is 10.1. The van der Waals surface area contributed by atoms with Gasteiger partial charge in [-0.3, -0.25) is 0 Å². The molecule has 4 heteroatoms. The highest BCUT2D eigenvalue weighted by Gasteiger charge is 2.25. The van der Waals surface area contributed by atoms with Gasteiger partial charge in [0.25, 0.3) is 0 Å². The molecule has 0 saturated carbocycles. The van der Waals surface area contributed by atoms with Crippen LogP contribution < -0.4 is 4.72 Å². The van der Waals surface area contributed by atoms with E-state index in [0.717, 1.165) is 0 Å². The average molecular weight is 221 g/mol. The molecule has 0 amide bonds. The van der Waals surface area contributed by atoms with Crippen molar-refractivity contribution in [3.8, 4) is 0 Å². The van der Waals surface area contributed by atoms with E-state index in [1.807, 2.05) is 0 Å². The summed E-state index contributed by atoms with van der Waals surface area (Å²) in [4.78, 5) is 0. The molecule has 0 fully saturated rings. The first-order valence-corrected chi connectivity index (χ1v) is 6.62. The second-order valence-electron chi connectivity index (χ2n) is 5.06. The van der Waals surface area contributed by atoms with E-state index in [0.29, 0.717) is 12.5 Å². The Morgan fingerprint density at radius 1 is 1.14 bits per heavy atom. The fourth-order valence-corrected chi connectivity index (χ4v) is 1.56. The molecule has 0 radical (unpaired) electrons. The van der Waals surface area contributed by atoms with Gasteiger partial charge in [0, 0.05) is 6.54 Å². The predicted octanol–water partition coefficient (Wildman–Crippen LogP) is 2.00. The molecule has 0 rings (SSSR count). The van der Waals surface area contributed by atoms with Crippen molar-refractivity contribution in [1.29, 1.82) is 0 Å². The minimum atomic E-state index is -3.11. The summed E-state index contributed by atoms with van der Waals surface area (Å²) in [7, 11) is -3.11. The van der Waals surface area contributed by atoms with E-state index < -0.39 is 10.0 Å². The van der Waals surface area contributed by atoms with E-state index >= 15 is 0 Å². The van der Waals surface area contributed by atoms with Gasteiger partial charge in [-0.05, 0) is 25.2 Å². The summed E-state index contributed by atoms with van der Waals surface area (Å²) in [5.74, 6) is 0.456. The van der Waals surface area contributed by atoms with Crippen LogP contribution in [0.1, 0.15) is 41.5 Å². The van der Waals surface area contributed by atoms with Gasteiger partial charge in [-0.15, -0.1) is 0 Å².